The van der Waals surface area contributed by atoms with Crippen LogP contribution in [0.15, 0.2) is 0 Å². The molecule has 22 heavy (non-hydrogen) atoms. The Balaban J connectivity index is 3.53. The summed E-state index contributed by atoms with van der Waals surface area (Å²) in [5, 5.41) is 9.16. The summed E-state index contributed by atoms with van der Waals surface area (Å²) in [6.07, 6.45) is 5.66. The van der Waals surface area contributed by atoms with Crippen molar-refractivity contribution in [1.82, 2.24) is 0 Å². The highest BCUT2D eigenvalue weighted by Gasteiger charge is 2.26. The predicted octanol–water partition coefficient (Wildman–Crippen LogP) is 3.97. The lowest BCUT2D eigenvalue weighted by atomic mass is 9.88. The lowest BCUT2D eigenvalue weighted by Gasteiger charge is -2.26. The number of hydrogen-bond donors (Lipinski definition) is 2. The van der Waals surface area contributed by atoms with Gasteiger partial charge in [0, 0.05) is 26.5 Å². The average Bonchev–Trinajstić information content (AvgIpc) is 2.33. The van der Waals surface area contributed by atoms with E-state index >= 15 is 0 Å². The lowest BCUT2D eigenvalue weighted by Crippen LogP contribution is -2.22. The minimum Gasteiger partial charge on any atom is -0.396 e. The molecule has 0 radical (unpaired) electrons. The van der Waals surface area contributed by atoms with Gasteiger partial charge in [0.25, 0.3) is 0 Å². The van der Waals surface area contributed by atoms with Gasteiger partial charge >= 0.3 is 7.60 Å². The summed E-state index contributed by atoms with van der Waals surface area (Å²) in [5.41, 5.74) is -0.564. The van der Waals surface area contributed by atoms with Gasteiger partial charge in [-0.3, -0.25) is 4.57 Å². The predicted molar refractivity (Wildman–Crippen MR) is 90.3 cm³/mol. The van der Waals surface area contributed by atoms with Crippen LogP contribution in [0.1, 0.15) is 66.2 Å². The fraction of sp³-hybridized carbons (Fsp3) is 1.00. The van der Waals surface area contributed by atoms with Crippen LogP contribution in [0.5, 0.6) is 0 Å². The molecule has 0 saturated carbocycles. The molecule has 0 aromatic carbocycles. The molecule has 0 amide bonds. The van der Waals surface area contributed by atoms with Crippen molar-refractivity contribution >= 4 is 7.60 Å². The monoisotopic (exact) mass is 338 g/mol. The molecular formula is C16H35O5P. The van der Waals surface area contributed by atoms with Crippen molar-refractivity contribution in [3.8, 4) is 0 Å². The second kappa shape index (κ2) is 10.0. The van der Waals surface area contributed by atoms with Crippen LogP contribution in [0.4, 0.5) is 0 Å². The smallest absolute Gasteiger partial charge is 0.325 e. The van der Waals surface area contributed by atoms with E-state index in [9.17, 15) is 9.46 Å². The number of aliphatic hydroxyl groups excluding tert-OH is 1. The molecule has 0 spiro atoms. The number of unbranched alkanes of at least 4 members (excludes halogenated alkanes) is 2. The van der Waals surface area contributed by atoms with Crippen molar-refractivity contribution in [1.29, 1.82) is 0 Å². The Hall–Kier alpha value is 0.0700. The van der Waals surface area contributed by atoms with Gasteiger partial charge in [-0.25, -0.2) is 0 Å². The maximum atomic E-state index is 11.3. The van der Waals surface area contributed by atoms with Crippen LogP contribution in [0.2, 0.25) is 0 Å². The second-order valence-corrected chi connectivity index (χ2v) is 9.29. The summed E-state index contributed by atoms with van der Waals surface area (Å²) in [4.78, 5) is 9.24. The van der Waals surface area contributed by atoms with Crippen molar-refractivity contribution in [2.75, 3.05) is 26.5 Å². The molecule has 0 aromatic heterocycles. The van der Waals surface area contributed by atoms with Crippen LogP contribution in [0.25, 0.3) is 0 Å². The van der Waals surface area contributed by atoms with Crippen molar-refractivity contribution in [3.05, 3.63) is 0 Å². The molecule has 0 fully saturated rings. The molecule has 0 aliphatic carbocycles. The normalized spacial score (nSPS) is 15.8. The molecule has 0 saturated heterocycles. The first-order chi connectivity index (χ1) is 9.97. The van der Waals surface area contributed by atoms with E-state index in [0.717, 1.165) is 45.1 Å². The molecular weight excluding hydrogens is 303 g/mol. The first kappa shape index (κ1) is 22.1. The average molecular weight is 338 g/mol. The van der Waals surface area contributed by atoms with Gasteiger partial charge in [0.05, 0.1) is 5.60 Å². The maximum absolute atomic E-state index is 11.3. The maximum Gasteiger partial charge on any atom is 0.325 e. The zero-order chi connectivity index (χ0) is 17.3. The summed E-state index contributed by atoms with van der Waals surface area (Å²) in [6.45, 7) is 10.7. The third-order valence-corrected chi connectivity index (χ3v) is 4.39. The molecule has 1 atom stereocenters. The molecule has 1 unspecified atom stereocenters. The number of hydrogen-bond acceptors (Lipinski definition) is 4. The first-order valence-corrected chi connectivity index (χ1v) is 10.2. The molecule has 0 bridgehead atoms. The van der Waals surface area contributed by atoms with Gasteiger partial charge < -0.3 is 19.3 Å². The van der Waals surface area contributed by atoms with E-state index in [-0.39, 0.29) is 12.0 Å². The summed E-state index contributed by atoms with van der Waals surface area (Å²) < 4.78 is 22.0. The van der Waals surface area contributed by atoms with Crippen molar-refractivity contribution < 1.29 is 23.8 Å². The fourth-order valence-electron chi connectivity index (χ4n) is 2.25. The minimum atomic E-state index is -3.43. The molecule has 5 nitrogen and oxygen atoms in total. The Morgan fingerprint density at radius 1 is 0.955 bits per heavy atom. The minimum absolute atomic E-state index is 0.0109. The van der Waals surface area contributed by atoms with Crippen molar-refractivity contribution in [3.63, 3.8) is 0 Å². The van der Waals surface area contributed by atoms with E-state index in [1.165, 1.54) is 6.66 Å². The number of ether oxygens (including phenoxy) is 1. The molecule has 134 valence electrons. The van der Waals surface area contributed by atoms with Crippen LogP contribution in [0.3, 0.4) is 0 Å². The molecule has 6 heteroatoms. The summed E-state index contributed by atoms with van der Waals surface area (Å²) in [7, 11) is -3.43. The van der Waals surface area contributed by atoms with E-state index in [4.69, 9.17) is 14.4 Å². The Kier molecular flexibility index (Phi) is 10.1. The van der Waals surface area contributed by atoms with E-state index in [0.29, 0.717) is 6.61 Å². The van der Waals surface area contributed by atoms with Crippen molar-refractivity contribution in [2.24, 2.45) is 5.41 Å². The number of rotatable bonds is 13. The Morgan fingerprint density at radius 3 is 1.91 bits per heavy atom. The third-order valence-electron chi connectivity index (χ3n) is 3.55. The first-order valence-electron chi connectivity index (χ1n) is 8.17. The van der Waals surface area contributed by atoms with Crippen LogP contribution in [-0.2, 0) is 13.8 Å². The van der Waals surface area contributed by atoms with E-state index in [2.05, 4.69) is 13.8 Å². The summed E-state index contributed by atoms with van der Waals surface area (Å²) >= 11 is 0. The topological polar surface area (TPSA) is 76.0 Å². The second-order valence-electron chi connectivity index (χ2n) is 7.50. The SMILES string of the molecule is CC(C)(CO)CCCCOCCCCC(C)(C)OP(C)(=O)O. The standard InChI is InChI=1S/C16H35O5P/c1-15(2,14-17)10-6-8-12-20-13-9-7-11-16(3,4)21-22(5,18)19/h17H,6-14H2,1-5H3,(H,18,19). The van der Waals surface area contributed by atoms with Crippen molar-refractivity contribution in [2.45, 2.75) is 71.8 Å². The van der Waals surface area contributed by atoms with Gasteiger partial charge in [-0.1, -0.05) is 20.3 Å². The van der Waals surface area contributed by atoms with Gasteiger partial charge in [0.1, 0.15) is 0 Å². The zero-order valence-corrected chi connectivity index (χ0v) is 15.8. The molecule has 0 aliphatic rings. The van der Waals surface area contributed by atoms with Crippen LogP contribution < -0.4 is 0 Å². The molecule has 0 heterocycles. The van der Waals surface area contributed by atoms with Gasteiger partial charge in [-0.05, 0) is 51.4 Å². The fourth-order valence-corrected chi connectivity index (χ4v) is 3.26. The Morgan fingerprint density at radius 2 is 1.45 bits per heavy atom. The zero-order valence-electron chi connectivity index (χ0n) is 14.9. The third kappa shape index (κ3) is 13.7. The largest absolute Gasteiger partial charge is 0.396 e. The van der Waals surface area contributed by atoms with E-state index in [1.54, 1.807) is 0 Å². The van der Waals surface area contributed by atoms with Gasteiger partial charge in [0.15, 0.2) is 0 Å². The highest BCUT2D eigenvalue weighted by Crippen LogP contribution is 2.43. The Labute approximate surface area is 135 Å². The lowest BCUT2D eigenvalue weighted by molar-refractivity contribution is 0.0754. The van der Waals surface area contributed by atoms with Crippen LogP contribution >= 0.6 is 7.60 Å². The van der Waals surface area contributed by atoms with E-state index < -0.39 is 13.2 Å². The summed E-state index contributed by atoms with van der Waals surface area (Å²) in [6, 6.07) is 0. The van der Waals surface area contributed by atoms with Gasteiger partial charge in [0.2, 0.25) is 0 Å². The molecule has 0 rings (SSSR count). The van der Waals surface area contributed by atoms with Gasteiger partial charge in [-0.2, -0.15) is 0 Å². The quantitative estimate of drug-likeness (QED) is 0.392. The molecule has 0 aliphatic heterocycles. The Bertz CT molecular complexity index is 335. The molecule has 2 N–H and O–H groups in total. The van der Waals surface area contributed by atoms with E-state index in [1.807, 2.05) is 13.8 Å². The highest BCUT2D eigenvalue weighted by atomic mass is 31.2. The van der Waals surface area contributed by atoms with Crippen LogP contribution in [0, 0.1) is 5.41 Å². The van der Waals surface area contributed by atoms with Gasteiger partial charge in [-0.15, -0.1) is 0 Å². The highest BCUT2D eigenvalue weighted by molar-refractivity contribution is 7.51. The van der Waals surface area contributed by atoms with Crippen LogP contribution in [-0.4, -0.2) is 42.1 Å². The number of aliphatic hydroxyl groups is 1. The summed E-state index contributed by atoms with van der Waals surface area (Å²) in [5.74, 6) is 0. The molecule has 0 aromatic rings.